The number of anilines is 2. The number of aromatic amines is 1. The molecule has 5 rings (SSSR count). The molecule has 0 spiro atoms. The molecule has 0 aliphatic heterocycles. The van der Waals surface area contributed by atoms with E-state index in [0.717, 1.165) is 34.9 Å². The zero-order chi connectivity index (χ0) is 19.8. The Labute approximate surface area is 170 Å². The van der Waals surface area contributed by atoms with Gasteiger partial charge in [-0.2, -0.15) is 0 Å². The monoisotopic (exact) mass is 403 g/mol. The van der Waals surface area contributed by atoms with Crippen LogP contribution < -0.4 is 10.6 Å². The molecule has 3 N–H and O–H groups in total. The van der Waals surface area contributed by atoms with E-state index in [4.69, 9.17) is 0 Å². The van der Waals surface area contributed by atoms with Gasteiger partial charge in [0.15, 0.2) is 0 Å². The van der Waals surface area contributed by atoms with Crippen LogP contribution in [-0.2, 0) is 4.79 Å². The Kier molecular flexibility index (Phi) is 4.33. The highest BCUT2D eigenvalue weighted by Crippen LogP contribution is 2.34. The molecule has 0 radical (unpaired) electrons. The van der Waals surface area contributed by atoms with Gasteiger partial charge in [0.2, 0.25) is 5.91 Å². The Morgan fingerprint density at radius 1 is 1.17 bits per heavy atom. The van der Waals surface area contributed by atoms with E-state index >= 15 is 0 Å². The van der Waals surface area contributed by atoms with Crippen LogP contribution in [-0.4, -0.2) is 26.8 Å². The summed E-state index contributed by atoms with van der Waals surface area (Å²) in [7, 11) is 0. The molecule has 1 aromatic carbocycles. The molecule has 0 bridgehead atoms. The fourth-order valence-corrected chi connectivity index (χ4v) is 3.76. The Morgan fingerprint density at radius 3 is 2.86 bits per heavy atom. The SMILES string of the molecule is O=C(Nc1cccc2c(-c3ccnc(NC(=O)C4CC4)c3)c[nH]c12)c1cncs1. The Bertz CT molecular complexity index is 1210. The number of H-pyrrole nitrogens is 1. The van der Waals surface area contributed by atoms with Gasteiger partial charge in [0.05, 0.1) is 22.9 Å². The van der Waals surface area contributed by atoms with Gasteiger partial charge in [-0.25, -0.2) is 4.98 Å². The number of nitrogens with one attached hydrogen (secondary N) is 3. The minimum absolute atomic E-state index is 0.0293. The van der Waals surface area contributed by atoms with Crippen LogP contribution in [0.5, 0.6) is 0 Å². The molecule has 0 atom stereocenters. The number of aromatic nitrogens is 3. The number of hydrogen-bond acceptors (Lipinski definition) is 5. The van der Waals surface area contributed by atoms with E-state index in [1.807, 2.05) is 36.5 Å². The lowest BCUT2D eigenvalue weighted by Crippen LogP contribution is -2.14. The van der Waals surface area contributed by atoms with Crippen LogP contribution in [0, 0.1) is 5.92 Å². The standard InChI is InChI=1S/C21H17N5O2S/c27-20(12-4-5-12)26-18-8-13(6-7-23-18)15-9-24-19-14(15)2-1-3-16(19)25-21(28)17-10-22-11-29-17/h1-3,6-12,24H,4-5H2,(H,25,28)(H,23,26,27). The van der Waals surface area contributed by atoms with Gasteiger partial charge < -0.3 is 15.6 Å². The predicted molar refractivity (Wildman–Crippen MR) is 113 cm³/mol. The van der Waals surface area contributed by atoms with E-state index in [-0.39, 0.29) is 17.7 Å². The molecule has 29 heavy (non-hydrogen) atoms. The molecular weight excluding hydrogens is 386 g/mol. The number of nitrogens with zero attached hydrogens (tertiary/aromatic N) is 2. The summed E-state index contributed by atoms with van der Waals surface area (Å²) in [5.74, 6) is 0.508. The van der Waals surface area contributed by atoms with Crippen molar-refractivity contribution in [2.45, 2.75) is 12.8 Å². The van der Waals surface area contributed by atoms with Gasteiger partial charge in [0, 0.05) is 29.3 Å². The lowest BCUT2D eigenvalue weighted by molar-refractivity contribution is -0.117. The maximum Gasteiger partial charge on any atom is 0.267 e. The fourth-order valence-electron chi connectivity index (χ4n) is 3.25. The van der Waals surface area contributed by atoms with Gasteiger partial charge in [0.25, 0.3) is 5.91 Å². The first kappa shape index (κ1) is 17.6. The minimum Gasteiger partial charge on any atom is -0.359 e. The smallest absolute Gasteiger partial charge is 0.267 e. The zero-order valence-electron chi connectivity index (χ0n) is 15.3. The van der Waals surface area contributed by atoms with E-state index in [2.05, 4.69) is 25.6 Å². The number of thiazole rings is 1. The van der Waals surface area contributed by atoms with Crippen LogP contribution in [0.3, 0.4) is 0 Å². The molecule has 1 aliphatic rings. The van der Waals surface area contributed by atoms with E-state index in [1.165, 1.54) is 11.3 Å². The van der Waals surface area contributed by atoms with E-state index in [0.29, 0.717) is 16.4 Å². The van der Waals surface area contributed by atoms with Crippen molar-refractivity contribution in [2.75, 3.05) is 10.6 Å². The number of fused-ring (bicyclic) bond motifs is 1. The summed E-state index contributed by atoms with van der Waals surface area (Å²) in [5, 5.41) is 6.80. The third-order valence-electron chi connectivity index (χ3n) is 4.89. The Hall–Kier alpha value is -3.52. The number of carbonyl (C=O) groups excluding carboxylic acids is 2. The van der Waals surface area contributed by atoms with Gasteiger partial charge in [-0.3, -0.25) is 14.6 Å². The summed E-state index contributed by atoms with van der Waals surface area (Å²) in [4.78, 5) is 36.5. The second-order valence-corrected chi connectivity index (χ2v) is 7.83. The Morgan fingerprint density at radius 2 is 2.07 bits per heavy atom. The van der Waals surface area contributed by atoms with Gasteiger partial charge in [-0.05, 0) is 36.6 Å². The summed E-state index contributed by atoms with van der Waals surface area (Å²) in [6.07, 6.45) is 7.03. The number of carbonyl (C=O) groups is 2. The van der Waals surface area contributed by atoms with Crippen LogP contribution in [0.4, 0.5) is 11.5 Å². The van der Waals surface area contributed by atoms with Crippen molar-refractivity contribution >= 4 is 45.6 Å². The van der Waals surface area contributed by atoms with Crippen LogP contribution in [0.2, 0.25) is 0 Å². The first-order valence-corrected chi connectivity index (χ1v) is 10.1. The van der Waals surface area contributed by atoms with Crippen molar-refractivity contribution in [3.63, 3.8) is 0 Å². The molecule has 8 heteroatoms. The molecule has 144 valence electrons. The molecule has 0 unspecified atom stereocenters. The van der Waals surface area contributed by atoms with E-state index < -0.39 is 0 Å². The third kappa shape index (κ3) is 3.50. The van der Waals surface area contributed by atoms with Crippen LogP contribution in [0.1, 0.15) is 22.5 Å². The molecule has 1 fully saturated rings. The van der Waals surface area contributed by atoms with Crippen LogP contribution in [0.15, 0.2) is 54.4 Å². The quantitative estimate of drug-likeness (QED) is 0.463. The third-order valence-corrected chi connectivity index (χ3v) is 5.66. The topological polar surface area (TPSA) is 99.8 Å². The normalized spacial score (nSPS) is 13.4. The van der Waals surface area contributed by atoms with E-state index in [1.54, 1.807) is 17.9 Å². The summed E-state index contributed by atoms with van der Waals surface area (Å²) < 4.78 is 0. The summed E-state index contributed by atoms with van der Waals surface area (Å²) in [6, 6.07) is 9.52. The second kappa shape index (κ2) is 7.14. The minimum atomic E-state index is -0.190. The number of rotatable bonds is 5. The van der Waals surface area contributed by atoms with Crippen LogP contribution >= 0.6 is 11.3 Å². The molecule has 3 aromatic heterocycles. The van der Waals surface area contributed by atoms with Gasteiger partial charge >= 0.3 is 0 Å². The molecule has 1 saturated carbocycles. The molecular formula is C21H17N5O2S. The maximum absolute atomic E-state index is 12.4. The predicted octanol–water partition coefficient (Wildman–Crippen LogP) is 4.29. The first-order chi connectivity index (χ1) is 14.2. The molecule has 0 saturated heterocycles. The lowest BCUT2D eigenvalue weighted by Gasteiger charge is -2.07. The number of amides is 2. The van der Waals surface area contributed by atoms with Crippen molar-refractivity contribution in [3.8, 4) is 11.1 Å². The van der Waals surface area contributed by atoms with Gasteiger partial charge in [-0.15, -0.1) is 11.3 Å². The van der Waals surface area contributed by atoms with Crippen molar-refractivity contribution < 1.29 is 9.59 Å². The van der Waals surface area contributed by atoms with Crippen molar-refractivity contribution in [3.05, 3.63) is 59.3 Å². The number of benzene rings is 1. The van der Waals surface area contributed by atoms with Gasteiger partial charge in [-0.1, -0.05) is 12.1 Å². The van der Waals surface area contributed by atoms with Crippen molar-refractivity contribution in [1.29, 1.82) is 0 Å². The number of hydrogen-bond donors (Lipinski definition) is 3. The molecule has 2 amide bonds. The number of para-hydroxylation sites is 1. The highest BCUT2D eigenvalue weighted by atomic mass is 32.1. The molecule has 3 heterocycles. The molecule has 1 aliphatic carbocycles. The number of pyridine rings is 1. The zero-order valence-corrected chi connectivity index (χ0v) is 16.1. The largest absolute Gasteiger partial charge is 0.359 e. The summed E-state index contributed by atoms with van der Waals surface area (Å²) in [6.45, 7) is 0. The average molecular weight is 403 g/mol. The second-order valence-electron chi connectivity index (χ2n) is 6.94. The van der Waals surface area contributed by atoms with Crippen molar-refractivity contribution in [1.82, 2.24) is 15.0 Å². The van der Waals surface area contributed by atoms with Gasteiger partial charge in [0.1, 0.15) is 10.7 Å². The lowest BCUT2D eigenvalue weighted by atomic mass is 10.1. The van der Waals surface area contributed by atoms with E-state index in [9.17, 15) is 9.59 Å². The molecule has 7 nitrogen and oxygen atoms in total. The van der Waals surface area contributed by atoms with Crippen LogP contribution in [0.25, 0.3) is 22.0 Å². The Balaban J connectivity index is 1.46. The molecule has 4 aromatic rings. The maximum atomic E-state index is 12.4. The summed E-state index contributed by atoms with van der Waals surface area (Å²) >= 11 is 1.30. The van der Waals surface area contributed by atoms with Crippen molar-refractivity contribution in [2.24, 2.45) is 5.92 Å². The summed E-state index contributed by atoms with van der Waals surface area (Å²) in [5.41, 5.74) is 5.07. The fraction of sp³-hybridized carbons (Fsp3) is 0.143. The highest BCUT2D eigenvalue weighted by molar-refractivity contribution is 7.11. The average Bonchev–Trinajstić information content (AvgIpc) is 3.25. The highest BCUT2D eigenvalue weighted by Gasteiger charge is 2.29. The first-order valence-electron chi connectivity index (χ1n) is 9.26.